The molecule has 0 atom stereocenters. The molecule has 0 spiro atoms. The van der Waals surface area contributed by atoms with E-state index in [4.69, 9.17) is 9.47 Å². The van der Waals surface area contributed by atoms with Crippen molar-refractivity contribution < 1.29 is 22.7 Å². The summed E-state index contributed by atoms with van der Waals surface area (Å²) in [4.78, 5) is 13.0. The molecule has 170 valence electrons. The van der Waals surface area contributed by atoms with Crippen LogP contribution in [0.3, 0.4) is 0 Å². The Morgan fingerprint density at radius 1 is 0.909 bits per heavy atom. The Hall–Kier alpha value is -3.36. The van der Waals surface area contributed by atoms with Gasteiger partial charge in [-0.15, -0.1) is 0 Å². The van der Waals surface area contributed by atoms with Gasteiger partial charge >= 0.3 is 0 Å². The van der Waals surface area contributed by atoms with Crippen molar-refractivity contribution in [3.8, 4) is 23.0 Å². The van der Waals surface area contributed by atoms with Gasteiger partial charge in [0.15, 0.2) is 11.5 Å². The second-order valence-electron chi connectivity index (χ2n) is 8.18. The molecule has 0 aromatic heterocycles. The number of piperidine rings is 1. The van der Waals surface area contributed by atoms with Crippen LogP contribution in [0.2, 0.25) is 0 Å². The lowest BCUT2D eigenvalue weighted by Gasteiger charge is -2.27. The molecule has 0 bridgehead atoms. The zero-order valence-corrected chi connectivity index (χ0v) is 19.0. The lowest BCUT2D eigenvalue weighted by molar-refractivity contribution is 0.102. The van der Waals surface area contributed by atoms with Crippen molar-refractivity contribution in [2.75, 3.05) is 18.4 Å². The lowest BCUT2D eigenvalue weighted by Crippen LogP contribution is -2.35. The van der Waals surface area contributed by atoms with Gasteiger partial charge < -0.3 is 14.8 Å². The Bertz CT molecular complexity index is 1330. The number of carbonyl (C=O) groups excluding carboxylic acids is 1. The van der Waals surface area contributed by atoms with E-state index in [1.165, 1.54) is 16.4 Å². The minimum atomic E-state index is -3.89. The molecule has 8 heteroatoms. The summed E-state index contributed by atoms with van der Waals surface area (Å²) < 4.78 is 40.9. The third-order valence-corrected chi connectivity index (χ3v) is 7.81. The van der Waals surface area contributed by atoms with Crippen molar-refractivity contribution in [3.05, 3.63) is 71.8 Å². The average Bonchev–Trinajstić information content (AvgIpc) is 2.96. The topological polar surface area (TPSA) is 84.9 Å². The standard InChI is InChI=1S/C25H24N2O5S/c1-17-9-3-5-11-20(17)31-23-16-22-18(25(28)26-19-10-4-6-12-21(19)32-22)15-24(23)33(29,30)27-13-7-2-8-14-27/h3-6,9-12,15-16H,2,7-8,13-14H2,1H3,(H,26,28). The summed E-state index contributed by atoms with van der Waals surface area (Å²) in [6.07, 6.45) is 2.60. The summed E-state index contributed by atoms with van der Waals surface area (Å²) >= 11 is 0. The second kappa shape index (κ2) is 8.53. The number of hydrogen-bond donors (Lipinski definition) is 1. The largest absolute Gasteiger partial charge is 0.456 e. The number of para-hydroxylation sites is 3. The van der Waals surface area contributed by atoms with E-state index in [0.29, 0.717) is 30.3 Å². The van der Waals surface area contributed by atoms with Gasteiger partial charge in [0.1, 0.15) is 16.4 Å². The third kappa shape index (κ3) is 4.07. The Labute approximate surface area is 193 Å². The van der Waals surface area contributed by atoms with Gasteiger partial charge in [0.05, 0.1) is 11.3 Å². The lowest BCUT2D eigenvalue weighted by atomic mass is 10.1. The molecule has 1 saturated heterocycles. The van der Waals surface area contributed by atoms with Crippen LogP contribution in [-0.4, -0.2) is 31.7 Å². The molecular formula is C25H24N2O5S. The van der Waals surface area contributed by atoms with Gasteiger partial charge in [-0.3, -0.25) is 4.79 Å². The average molecular weight is 465 g/mol. The van der Waals surface area contributed by atoms with Crippen LogP contribution in [-0.2, 0) is 10.0 Å². The highest BCUT2D eigenvalue weighted by Crippen LogP contribution is 2.42. The van der Waals surface area contributed by atoms with Crippen molar-refractivity contribution in [1.82, 2.24) is 4.31 Å². The zero-order chi connectivity index (χ0) is 23.0. The van der Waals surface area contributed by atoms with E-state index in [0.717, 1.165) is 24.8 Å². The van der Waals surface area contributed by atoms with E-state index >= 15 is 0 Å². The third-order valence-electron chi connectivity index (χ3n) is 5.89. The first-order valence-electron chi connectivity index (χ1n) is 10.9. The summed E-state index contributed by atoms with van der Waals surface area (Å²) in [5.74, 6) is 0.927. The van der Waals surface area contributed by atoms with Crippen LogP contribution in [0.25, 0.3) is 0 Å². The first-order valence-corrected chi connectivity index (χ1v) is 12.4. The molecular weight excluding hydrogens is 440 g/mol. The number of fused-ring (bicyclic) bond motifs is 2. The number of sulfonamides is 1. The molecule has 0 radical (unpaired) electrons. The Morgan fingerprint density at radius 3 is 2.42 bits per heavy atom. The Kier molecular flexibility index (Phi) is 5.55. The van der Waals surface area contributed by atoms with E-state index < -0.39 is 15.9 Å². The molecule has 2 aliphatic heterocycles. The number of carbonyl (C=O) groups is 1. The minimum absolute atomic E-state index is 0.0453. The fraction of sp³-hybridized carbons (Fsp3) is 0.240. The van der Waals surface area contributed by atoms with Crippen LogP contribution in [0.4, 0.5) is 5.69 Å². The van der Waals surface area contributed by atoms with E-state index in [2.05, 4.69) is 5.32 Å². The van der Waals surface area contributed by atoms with Gasteiger partial charge in [0.2, 0.25) is 10.0 Å². The molecule has 0 unspecified atom stereocenters. The van der Waals surface area contributed by atoms with Crippen molar-refractivity contribution in [3.63, 3.8) is 0 Å². The number of nitrogens with one attached hydrogen (secondary N) is 1. The molecule has 7 nitrogen and oxygen atoms in total. The maximum atomic E-state index is 13.7. The number of rotatable bonds is 4. The van der Waals surface area contributed by atoms with E-state index in [1.54, 1.807) is 30.3 Å². The van der Waals surface area contributed by atoms with Gasteiger partial charge in [-0.1, -0.05) is 36.8 Å². The fourth-order valence-corrected chi connectivity index (χ4v) is 5.72. The molecule has 1 fully saturated rings. The summed E-state index contributed by atoms with van der Waals surface area (Å²) in [5.41, 5.74) is 1.51. The molecule has 1 N–H and O–H groups in total. The minimum Gasteiger partial charge on any atom is -0.456 e. The Balaban J connectivity index is 1.67. The van der Waals surface area contributed by atoms with E-state index in [9.17, 15) is 13.2 Å². The summed E-state index contributed by atoms with van der Waals surface area (Å²) in [6, 6.07) is 17.3. The molecule has 5 rings (SSSR count). The SMILES string of the molecule is Cc1ccccc1Oc1cc2c(cc1S(=O)(=O)N1CCCCC1)C(=O)Nc1ccccc1O2. The van der Waals surface area contributed by atoms with E-state index in [1.807, 2.05) is 25.1 Å². The van der Waals surface area contributed by atoms with Crippen molar-refractivity contribution in [2.45, 2.75) is 31.1 Å². The van der Waals surface area contributed by atoms with Gasteiger partial charge in [-0.05, 0) is 49.6 Å². The van der Waals surface area contributed by atoms with Crippen LogP contribution >= 0.6 is 0 Å². The van der Waals surface area contributed by atoms with Crippen LogP contribution in [0, 0.1) is 6.92 Å². The zero-order valence-electron chi connectivity index (χ0n) is 18.2. The van der Waals surface area contributed by atoms with Crippen molar-refractivity contribution >= 4 is 21.6 Å². The highest BCUT2D eigenvalue weighted by molar-refractivity contribution is 7.89. The molecule has 0 saturated carbocycles. The predicted molar refractivity (Wildman–Crippen MR) is 125 cm³/mol. The molecule has 2 heterocycles. The normalized spacial score (nSPS) is 16.1. The summed E-state index contributed by atoms with van der Waals surface area (Å²) in [7, 11) is -3.89. The molecule has 3 aromatic rings. The highest BCUT2D eigenvalue weighted by atomic mass is 32.2. The molecule has 1 amide bonds. The van der Waals surface area contributed by atoms with Gasteiger partial charge in [-0.25, -0.2) is 8.42 Å². The van der Waals surface area contributed by atoms with Crippen molar-refractivity contribution in [1.29, 1.82) is 0 Å². The Morgan fingerprint density at radius 2 is 1.64 bits per heavy atom. The maximum absolute atomic E-state index is 13.7. The number of nitrogens with zero attached hydrogens (tertiary/aromatic N) is 1. The number of ether oxygens (including phenoxy) is 2. The number of hydrogen-bond acceptors (Lipinski definition) is 5. The van der Waals surface area contributed by atoms with Gasteiger partial charge in [-0.2, -0.15) is 4.31 Å². The first-order chi connectivity index (χ1) is 15.9. The quantitative estimate of drug-likeness (QED) is 0.565. The highest BCUT2D eigenvalue weighted by Gasteiger charge is 2.33. The number of aryl methyl sites for hydroxylation is 1. The monoisotopic (exact) mass is 464 g/mol. The van der Waals surface area contributed by atoms with Crippen molar-refractivity contribution in [2.24, 2.45) is 0 Å². The van der Waals surface area contributed by atoms with Crippen LogP contribution in [0.5, 0.6) is 23.0 Å². The van der Waals surface area contributed by atoms with Crippen LogP contribution in [0.15, 0.2) is 65.6 Å². The predicted octanol–water partition coefficient (Wildman–Crippen LogP) is 5.32. The summed E-state index contributed by atoms with van der Waals surface area (Å²) in [5, 5.41) is 2.80. The number of amides is 1. The smallest absolute Gasteiger partial charge is 0.259 e. The van der Waals surface area contributed by atoms with Gasteiger partial charge in [0, 0.05) is 19.2 Å². The van der Waals surface area contributed by atoms with Gasteiger partial charge in [0.25, 0.3) is 5.91 Å². The molecule has 3 aromatic carbocycles. The van der Waals surface area contributed by atoms with Crippen LogP contribution in [0.1, 0.15) is 35.2 Å². The number of anilines is 1. The second-order valence-corrected chi connectivity index (χ2v) is 10.1. The fourth-order valence-electron chi connectivity index (χ4n) is 4.09. The maximum Gasteiger partial charge on any atom is 0.259 e. The summed E-state index contributed by atoms with van der Waals surface area (Å²) in [6.45, 7) is 2.77. The first kappa shape index (κ1) is 21.5. The molecule has 2 aliphatic rings. The molecule has 0 aliphatic carbocycles. The number of benzene rings is 3. The van der Waals surface area contributed by atoms with Crippen LogP contribution < -0.4 is 14.8 Å². The molecule has 33 heavy (non-hydrogen) atoms. The van der Waals surface area contributed by atoms with E-state index in [-0.39, 0.29) is 22.0 Å².